The molecule has 1 N–H and O–H groups in total. The van der Waals surface area contributed by atoms with Crippen molar-refractivity contribution in [3.05, 3.63) is 33.4 Å². The van der Waals surface area contributed by atoms with Crippen LogP contribution in [0, 0.1) is 3.57 Å². The molecule has 0 radical (unpaired) electrons. The van der Waals surface area contributed by atoms with Gasteiger partial charge in [-0.3, -0.25) is 0 Å². The average Bonchev–Trinajstić information content (AvgIpc) is 2.86. The number of carbonyl (C=O) groups excluding carboxylic acids is 1. The van der Waals surface area contributed by atoms with E-state index >= 15 is 0 Å². The summed E-state index contributed by atoms with van der Waals surface area (Å²) in [6, 6.07) is 3.99. The van der Waals surface area contributed by atoms with Gasteiger partial charge in [0.05, 0.1) is 13.2 Å². The van der Waals surface area contributed by atoms with Crippen LogP contribution >= 0.6 is 22.6 Å². The van der Waals surface area contributed by atoms with E-state index < -0.39 is 0 Å². The smallest absolute Gasteiger partial charge is 0.330 e. The summed E-state index contributed by atoms with van der Waals surface area (Å²) in [7, 11) is 0. The van der Waals surface area contributed by atoms with Crippen LogP contribution in [0.4, 0.5) is 5.69 Å². The average molecular weight is 373 g/mol. The van der Waals surface area contributed by atoms with E-state index in [1.807, 2.05) is 12.1 Å². The molecule has 0 unspecified atom stereocenters. The molecule has 5 heteroatoms. The summed E-state index contributed by atoms with van der Waals surface area (Å²) in [5, 5.41) is 3.28. The summed E-state index contributed by atoms with van der Waals surface area (Å²) >= 11 is 2.33. The molecule has 0 bridgehead atoms. The minimum Gasteiger partial charge on any atom is -0.493 e. The van der Waals surface area contributed by atoms with Crippen molar-refractivity contribution in [1.29, 1.82) is 0 Å². The van der Waals surface area contributed by atoms with E-state index in [-0.39, 0.29) is 5.97 Å². The van der Waals surface area contributed by atoms with E-state index in [0.29, 0.717) is 13.2 Å². The molecule has 2 rings (SSSR count). The third-order valence-electron chi connectivity index (χ3n) is 2.76. The number of ether oxygens (including phenoxy) is 2. The normalized spacial score (nSPS) is 13.2. The van der Waals surface area contributed by atoms with Crippen molar-refractivity contribution >= 4 is 34.2 Å². The van der Waals surface area contributed by atoms with Gasteiger partial charge in [-0.1, -0.05) is 6.08 Å². The fraction of sp³-hybridized carbons (Fsp3) is 0.357. The fourth-order valence-electron chi connectivity index (χ4n) is 1.89. The van der Waals surface area contributed by atoms with E-state index in [9.17, 15) is 4.79 Å². The fourth-order valence-corrected chi connectivity index (χ4v) is 2.79. The highest BCUT2D eigenvalue weighted by molar-refractivity contribution is 14.1. The second-order valence-electron chi connectivity index (χ2n) is 4.04. The Morgan fingerprint density at radius 2 is 2.42 bits per heavy atom. The second-order valence-corrected chi connectivity index (χ2v) is 5.12. The van der Waals surface area contributed by atoms with Crippen molar-refractivity contribution in [2.45, 2.75) is 13.3 Å². The molecule has 0 aliphatic carbocycles. The van der Waals surface area contributed by atoms with Crippen molar-refractivity contribution in [1.82, 2.24) is 0 Å². The van der Waals surface area contributed by atoms with Gasteiger partial charge in [0.1, 0.15) is 5.75 Å². The van der Waals surface area contributed by atoms with Gasteiger partial charge in [0.25, 0.3) is 0 Å². The van der Waals surface area contributed by atoms with Gasteiger partial charge in [0, 0.05) is 33.9 Å². The molecule has 102 valence electrons. The lowest BCUT2D eigenvalue weighted by molar-refractivity contribution is -0.137. The Labute approximate surface area is 126 Å². The molecule has 0 saturated heterocycles. The van der Waals surface area contributed by atoms with E-state index in [1.165, 1.54) is 15.2 Å². The Kier molecular flexibility index (Phi) is 5.07. The van der Waals surface area contributed by atoms with Crippen LogP contribution < -0.4 is 10.1 Å². The summed E-state index contributed by atoms with van der Waals surface area (Å²) in [5.74, 6) is 0.679. The molecule has 1 aliphatic heterocycles. The molecule has 1 aromatic carbocycles. The minimum absolute atomic E-state index is 0.304. The Hall–Kier alpha value is -1.24. The predicted octanol–water partition coefficient (Wildman–Crippen LogP) is 2.76. The van der Waals surface area contributed by atoms with Crippen LogP contribution in [-0.2, 0) is 16.0 Å². The van der Waals surface area contributed by atoms with Crippen molar-refractivity contribution < 1.29 is 14.3 Å². The lowest BCUT2D eigenvalue weighted by Crippen LogP contribution is -2.04. The van der Waals surface area contributed by atoms with Gasteiger partial charge >= 0.3 is 5.97 Å². The maximum Gasteiger partial charge on any atom is 0.330 e. The Bertz CT molecular complexity index is 500. The van der Waals surface area contributed by atoms with Crippen molar-refractivity contribution in [2.24, 2.45) is 0 Å². The molecule has 1 aliphatic rings. The van der Waals surface area contributed by atoms with E-state index in [2.05, 4.69) is 27.9 Å². The number of fused-ring (bicyclic) bond motifs is 1. The number of benzene rings is 1. The van der Waals surface area contributed by atoms with Crippen LogP contribution in [0.15, 0.2) is 24.3 Å². The van der Waals surface area contributed by atoms with E-state index in [0.717, 1.165) is 24.5 Å². The van der Waals surface area contributed by atoms with Crippen LogP contribution in [0.2, 0.25) is 0 Å². The number of hydrogen-bond acceptors (Lipinski definition) is 4. The summed E-state index contributed by atoms with van der Waals surface area (Å²) in [6.07, 6.45) is 4.17. The first-order valence-electron chi connectivity index (χ1n) is 6.23. The van der Waals surface area contributed by atoms with Crippen LogP contribution in [0.3, 0.4) is 0 Å². The van der Waals surface area contributed by atoms with Gasteiger partial charge in [-0.2, -0.15) is 0 Å². The maximum absolute atomic E-state index is 11.1. The lowest BCUT2D eigenvalue weighted by atomic mass is 10.1. The second kappa shape index (κ2) is 6.79. The zero-order chi connectivity index (χ0) is 13.7. The SMILES string of the molecule is CCOC(=O)/C=C/CNc1ccc2c(c1I)CCO2. The standard InChI is InChI=1S/C14H16INO3/c1-2-18-13(17)4-3-8-16-11-5-6-12-10(14(11)15)7-9-19-12/h3-6,16H,2,7-9H2,1H3/b4-3+. The number of nitrogens with one attached hydrogen (secondary N) is 1. The number of carbonyl (C=O) groups is 1. The van der Waals surface area contributed by atoms with Gasteiger partial charge in [0.2, 0.25) is 0 Å². The summed E-state index contributed by atoms with van der Waals surface area (Å²) in [4.78, 5) is 11.1. The molecule has 1 aromatic rings. The number of esters is 1. The van der Waals surface area contributed by atoms with Crippen molar-refractivity contribution in [3.63, 3.8) is 0 Å². The first kappa shape index (κ1) is 14.2. The molecule has 0 spiro atoms. The van der Waals surface area contributed by atoms with Crippen molar-refractivity contribution in [2.75, 3.05) is 25.1 Å². The predicted molar refractivity (Wildman–Crippen MR) is 82.6 cm³/mol. The van der Waals surface area contributed by atoms with Gasteiger partial charge in [-0.15, -0.1) is 0 Å². The molecule has 0 aromatic heterocycles. The molecular formula is C14H16INO3. The number of rotatable bonds is 5. The summed E-state index contributed by atoms with van der Waals surface area (Å²) in [6.45, 7) is 3.55. The quantitative estimate of drug-likeness (QED) is 0.490. The Morgan fingerprint density at radius 1 is 1.58 bits per heavy atom. The highest BCUT2D eigenvalue weighted by atomic mass is 127. The zero-order valence-electron chi connectivity index (χ0n) is 10.7. The molecule has 4 nitrogen and oxygen atoms in total. The van der Waals surface area contributed by atoms with Crippen LogP contribution in [0.25, 0.3) is 0 Å². The number of hydrogen-bond donors (Lipinski definition) is 1. The van der Waals surface area contributed by atoms with Gasteiger partial charge < -0.3 is 14.8 Å². The van der Waals surface area contributed by atoms with Gasteiger partial charge in [-0.25, -0.2) is 4.79 Å². The molecule has 19 heavy (non-hydrogen) atoms. The Morgan fingerprint density at radius 3 is 3.21 bits per heavy atom. The van der Waals surface area contributed by atoms with Gasteiger partial charge in [-0.05, 0) is 41.6 Å². The molecule has 1 heterocycles. The highest BCUT2D eigenvalue weighted by Crippen LogP contribution is 2.33. The number of anilines is 1. The lowest BCUT2D eigenvalue weighted by Gasteiger charge is -2.09. The monoisotopic (exact) mass is 373 g/mol. The molecule has 0 atom stereocenters. The van der Waals surface area contributed by atoms with E-state index in [1.54, 1.807) is 13.0 Å². The molecular weight excluding hydrogens is 357 g/mol. The summed E-state index contributed by atoms with van der Waals surface area (Å²) < 4.78 is 11.5. The van der Waals surface area contributed by atoms with Crippen molar-refractivity contribution in [3.8, 4) is 5.75 Å². The molecule has 0 fully saturated rings. The summed E-state index contributed by atoms with van der Waals surface area (Å²) in [5.41, 5.74) is 2.33. The molecule has 0 saturated carbocycles. The first-order chi connectivity index (χ1) is 9.22. The Balaban J connectivity index is 1.92. The highest BCUT2D eigenvalue weighted by Gasteiger charge is 2.17. The zero-order valence-corrected chi connectivity index (χ0v) is 12.9. The third-order valence-corrected chi connectivity index (χ3v) is 3.99. The topological polar surface area (TPSA) is 47.6 Å². The van der Waals surface area contributed by atoms with Crippen LogP contribution in [0.1, 0.15) is 12.5 Å². The van der Waals surface area contributed by atoms with Gasteiger partial charge in [0.15, 0.2) is 0 Å². The molecule has 0 amide bonds. The third kappa shape index (κ3) is 3.62. The largest absolute Gasteiger partial charge is 0.493 e. The van der Waals surface area contributed by atoms with E-state index in [4.69, 9.17) is 9.47 Å². The maximum atomic E-state index is 11.1. The van der Waals surface area contributed by atoms with Crippen LogP contribution in [0.5, 0.6) is 5.75 Å². The first-order valence-corrected chi connectivity index (χ1v) is 7.31. The van der Waals surface area contributed by atoms with Crippen LogP contribution in [-0.4, -0.2) is 25.7 Å². The number of halogens is 1. The minimum atomic E-state index is -0.304.